The maximum atomic E-state index is 12.4. The van der Waals surface area contributed by atoms with Crippen LogP contribution in [-0.2, 0) is 17.6 Å². The Kier molecular flexibility index (Phi) is 5.27. The first-order valence-corrected chi connectivity index (χ1v) is 10.3. The molecule has 0 radical (unpaired) electrons. The summed E-state index contributed by atoms with van der Waals surface area (Å²) >= 11 is 1.53. The quantitative estimate of drug-likeness (QED) is 0.477. The molecule has 6 heteroatoms. The zero-order valence-electron chi connectivity index (χ0n) is 16.2. The van der Waals surface area contributed by atoms with E-state index in [2.05, 4.69) is 41.5 Å². The van der Waals surface area contributed by atoms with E-state index in [-0.39, 0.29) is 12.3 Å². The number of aryl methyl sites for hydroxylation is 2. The van der Waals surface area contributed by atoms with Gasteiger partial charge in [-0.1, -0.05) is 31.2 Å². The van der Waals surface area contributed by atoms with Crippen molar-refractivity contribution in [2.45, 2.75) is 26.7 Å². The van der Waals surface area contributed by atoms with Gasteiger partial charge in [-0.05, 0) is 36.6 Å². The van der Waals surface area contributed by atoms with E-state index in [4.69, 9.17) is 4.42 Å². The van der Waals surface area contributed by atoms with Crippen LogP contribution in [0.3, 0.4) is 0 Å². The van der Waals surface area contributed by atoms with Crippen LogP contribution in [0.15, 0.2) is 63.1 Å². The minimum Gasteiger partial charge on any atom is -0.423 e. The lowest BCUT2D eigenvalue weighted by atomic mass is 10.1. The van der Waals surface area contributed by atoms with Crippen molar-refractivity contribution in [3.63, 3.8) is 0 Å². The van der Waals surface area contributed by atoms with Crippen LogP contribution in [0.1, 0.15) is 23.7 Å². The number of nitrogens with zero attached hydrogens (tertiary/aromatic N) is 1. The Morgan fingerprint density at radius 1 is 1.14 bits per heavy atom. The number of aromatic nitrogens is 1. The summed E-state index contributed by atoms with van der Waals surface area (Å²) in [6.07, 6.45) is 1.18. The van der Waals surface area contributed by atoms with Crippen LogP contribution in [0.5, 0.6) is 0 Å². The Labute approximate surface area is 172 Å². The number of fused-ring (bicyclic) bond motifs is 1. The molecule has 0 aliphatic heterocycles. The lowest BCUT2D eigenvalue weighted by Crippen LogP contribution is -2.14. The Morgan fingerprint density at radius 2 is 1.93 bits per heavy atom. The van der Waals surface area contributed by atoms with Crippen LogP contribution in [-0.4, -0.2) is 10.9 Å². The summed E-state index contributed by atoms with van der Waals surface area (Å²) < 4.78 is 5.23. The molecule has 4 aromatic rings. The average Bonchev–Trinajstić information content (AvgIpc) is 3.16. The van der Waals surface area contributed by atoms with Crippen LogP contribution in [0.25, 0.3) is 21.5 Å². The van der Waals surface area contributed by atoms with Crippen molar-refractivity contribution in [3.8, 4) is 10.6 Å². The van der Waals surface area contributed by atoms with Gasteiger partial charge in [-0.25, -0.2) is 9.78 Å². The van der Waals surface area contributed by atoms with Gasteiger partial charge in [0, 0.05) is 34.1 Å². The largest absolute Gasteiger partial charge is 0.423 e. The van der Waals surface area contributed by atoms with E-state index in [1.807, 2.05) is 18.4 Å². The number of hydrogen-bond acceptors (Lipinski definition) is 5. The summed E-state index contributed by atoms with van der Waals surface area (Å²) in [5.41, 5.74) is 4.55. The fraction of sp³-hybridized carbons (Fsp3) is 0.174. The fourth-order valence-electron chi connectivity index (χ4n) is 3.18. The molecule has 0 bridgehead atoms. The topological polar surface area (TPSA) is 72.2 Å². The monoisotopic (exact) mass is 404 g/mol. The predicted octanol–water partition coefficient (Wildman–Crippen LogP) is 4.97. The maximum absolute atomic E-state index is 12.4. The Balaban J connectivity index is 1.46. The molecule has 1 N–H and O–H groups in total. The van der Waals surface area contributed by atoms with Gasteiger partial charge in [-0.2, -0.15) is 0 Å². The van der Waals surface area contributed by atoms with E-state index in [9.17, 15) is 9.59 Å². The highest BCUT2D eigenvalue weighted by molar-refractivity contribution is 7.13. The number of benzene rings is 2. The SMILES string of the molecule is CCc1ccc(-c2nc(CC(=O)Nc3ccc4c(C)cc(=O)oc4c3)cs2)cc1. The molecule has 0 spiro atoms. The Hall–Kier alpha value is -3.25. The first-order valence-electron chi connectivity index (χ1n) is 9.40. The van der Waals surface area contributed by atoms with Crippen LogP contribution < -0.4 is 10.9 Å². The number of carbonyl (C=O) groups is 1. The lowest BCUT2D eigenvalue weighted by Gasteiger charge is -2.06. The second-order valence-electron chi connectivity index (χ2n) is 6.88. The van der Waals surface area contributed by atoms with E-state index < -0.39 is 5.63 Å². The normalized spacial score (nSPS) is 11.0. The van der Waals surface area contributed by atoms with Gasteiger partial charge in [0.25, 0.3) is 0 Å². The summed E-state index contributed by atoms with van der Waals surface area (Å²) in [4.78, 5) is 28.6. The van der Waals surface area contributed by atoms with E-state index in [0.717, 1.165) is 33.6 Å². The number of rotatable bonds is 5. The van der Waals surface area contributed by atoms with Crippen molar-refractivity contribution in [2.75, 3.05) is 5.32 Å². The highest BCUT2D eigenvalue weighted by atomic mass is 32.1. The highest BCUT2D eigenvalue weighted by Crippen LogP contribution is 2.25. The van der Waals surface area contributed by atoms with Gasteiger partial charge in [-0.15, -0.1) is 11.3 Å². The molecule has 29 heavy (non-hydrogen) atoms. The third kappa shape index (κ3) is 4.27. The first-order chi connectivity index (χ1) is 14.0. The highest BCUT2D eigenvalue weighted by Gasteiger charge is 2.11. The molecule has 1 amide bonds. The molecule has 0 fully saturated rings. The molecule has 146 valence electrons. The van der Waals surface area contributed by atoms with E-state index >= 15 is 0 Å². The van der Waals surface area contributed by atoms with Crippen molar-refractivity contribution in [1.29, 1.82) is 0 Å². The molecule has 0 unspecified atom stereocenters. The molecule has 2 heterocycles. The zero-order valence-corrected chi connectivity index (χ0v) is 17.0. The second kappa shape index (κ2) is 8.01. The molecule has 0 aliphatic carbocycles. The molecule has 0 saturated carbocycles. The lowest BCUT2D eigenvalue weighted by molar-refractivity contribution is -0.115. The van der Waals surface area contributed by atoms with Gasteiger partial charge in [0.15, 0.2) is 0 Å². The van der Waals surface area contributed by atoms with Crippen molar-refractivity contribution in [1.82, 2.24) is 4.98 Å². The van der Waals surface area contributed by atoms with E-state index in [1.54, 1.807) is 12.1 Å². The van der Waals surface area contributed by atoms with Crippen molar-refractivity contribution in [2.24, 2.45) is 0 Å². The maximum Gasteiger partial charge on any atom is 0.336 e. The Bertz CT molecular complexity index is 1240. The van der Waals surface area contributed by atoms with Gasteiger partial charge >= 0.3 is 5.63 Å². The molecule has 0 aliphatic rings. The van der Waals surface area contributed by atoms with Crippen LogP contribution >= 0.6 is 11.3 Å². The summed E-state index contributed by atoms with van der Waals surface area (Å²) in [7, 11) is 0. The van der Waals surface area contributed by atoms with Gasteiger partial charge in [0.2, 0.25) is 5.91 Å². The third-order valence-electron chi connectivity index (χ3n) is 4.74. The van der Waals surface area contributed by atoms with Crippen LogP contribution in [0.4, 0.5) is 5.69 Å². The fourth-order valence-corrected chi connectivity index (χ4v) is 4.00. The molecule has 2 aromatic carbocycles. The van der Waals surface area contributed by atoms with Gasteiger partial charge in [-0.3, -0.25) is 4.79 Å². The minimum absolute atomic E-state index is 0.169. The van der Waals surface area contributed by atoms with Crippen molar-refractivity contribution >= 4 is 33.9 Å². The third-order valence-corrected chi connectivity index (χ3v) is 5.68. The Morgan fingerprint density at radius 3 is 2.69 bits per heavy atom. The standard InChI is InChI=1S/C23H20N2O3S/c1-3-15-4-6-16(7-5-15)23-25-18(13-29-23)12-21(26)24-17-8-9-19-14(2)10-22(27)28-20(19)11-17/h4-11,13H,3,12H2,1-2H3,(H,24,26). The zero-order chi connectivity index (χ0) is 20.4. The van der Waals surface area contributed by atoms with E-state index in [0.29, 0.717) is 11.3 Å². The molecule has 4 rings (SSSR count). The summed E-state index contributed by atoms with van der Waals surface area (Å²) in [6.45, 7) is 3.98. The molecular weight excluding hydrogens is 384 g/mol. The first kappa shape index (κ1) is 19.1. The van der Waals surface area contributed by atoms with Crippen LogP contribution in [0.2, 0.25) is 0 Å². The van der Waals surface area contributed by atoms with Gasteiger partial charge in [0.05, 0.1) is 12.1 Å². The summed E-state index contributed by atoms with van der Waals surface area (Å²) in [5.74, 6) is -0.169. The summed E-state index contributed by atoms with van der Waals surface area (Å²) in [5, 5.41) is 6.51. The van der Waals surface area contributed by atoms with Gasteiger partial charge in [0.1, 0.15) is 10.6 Å². The molecular formula is C23H20N2O3S. The number of amides is 1. The van der Waals surface area contributed by atoms with E-state index in [1.165, 1.54) is 23.0 Å². The molecule has 2 aromatic heterocycles. The number of nitrogens with one attached hydrogen (secondary N) is 1. The molecule has 0 saturated heterocycles. The molecule has 0 atom stereocenters. The average molecular weight is 404 g/mol. The van der Waals surface area contributed by atoms with Crippen molar-refractivity contribution < 1.29 is 9.21 Å². The van der Waals surface area contributed by atoms with Crippen LogP contribution in [0, 0.1) is 6.92 Å². The number of thiazole rings is 1. The van der Waals surface area contributed by atoms with Crippen molar-refractivity contribution in [3.05, 3.63) is 81.2 Å². The second-order valence-corrected chi connectivity index (χ2v) is 7.74. The molecule has 5 nitrogen and oxygen atoms in total. The van der Waals surface area contributed by atoms with Gasteiger partial charge < -0.3 is 9.73 Å². The smallest absolute Gasteiger partial charge is 0.336 e. The number of hydrogen-bond donors (Lipinski definition) is 1. The minimum atomic E-state index is -0.402. The summed E-state index contributed by atoms with van der Waals surface area (Å²) in [6, 6.07) is 15.1. The number of carbonyl (C=O) groups excluding carboxylic acids is 1. The number of anilines is 1. The predicted molar refractivity (Wildman–Crippen MR) is 116 cm³/mol.